The van der Waals surface area contributed by atoms with Crippen LogP contribution in [-0.4, -0.2) is 58.5 Å². The Labute approximate surface area is 217 Å². The van der Waals surface area contributed by atoms with E-state index >= 15 is 0 Å². The van der Waals surface area contributed by atoms with Crippen LogP contribution in [0.15, 0.2) is 35.5 Å². The van der Waals surface area contributed by atoms with Crippen molar-refractivity contribution in [2.75, 3.05) is 19.7 Å². The maximum Gasteiger partial charge on any atom is 0.342 e. The number of halogens is 1. The van der Waals surface area contributed by atoms with E-state index in [1.54, 1.807) is 11.0 Å². The lowest BCUT2D eigenvalue weighted by Crippen LogP contribution is -2.37. The monoisotopic (exact) mass is 518 g/mol. The van der Waals surface area contributed by atoms with E-state index in [-0.39, 0.29) is 46.9 Å². The van der Waals surface area contributed by atoms with Crippen molar-refractivity contribution in [2.45, 2.75) is 70.8 Å². The molecule has 0 saturated carbocycles. The van der Waals surface area contributed by atoms with E-state index in [4.69, 9.17) is 21.2 Å². The summed E-state index contributed by atoms with van der Waals surface area (Å²) in [6.45, 7) is 3.24. The molecule has 1 aromatic rings. The molecule has 2 N–H and O–H groups in total. The third kappa shape index (κ3) is 7.75. The quantitative estimate of drug-likeness (QED) is 0.311. The van der Waals surface area contributed by atoms with Crippen molar-refractivity contribution in [3.63, 3.8) is 0 Å². The standard InChI is InChI=1S/C27H35ClN2O6/c1-2-11-20-13-8-5-3-4-7-12-19(29-35-18-24(33)30-14-9-6-10-15-30)16-21-25(27(34)36-20)22(31)17-23(32)26(21)28/h5,7-8,12,17,20,31-32H,2-4,6,9-11,13-16,18H2,1H3/b8-5+,12-7+,29-19-. The summed E-state index contributed by atoms with van der Waals surface area (Å²) in [6.07, 6.45) is 14.0. The second kappa shape index (κ2) is 13.9. The maximum atomic E-state index is 13.1. The molecule has 2 aliphatic heterocycles. The number of cyclic esters (lactones) is 1. The summed E-state index contributed by atoms with van der Waals surface area (Å²) in [5, 5.41) is 24.9. The summed E-state index contributed by atoms with van der Waals surface area (Å²) in [4.78, 5) is 32.8. The Balaban J connectivity index is 1.90. The number of oxime groups is 1. The van der Waals surface area contributed by atoms with Crippen molar-refractivity contribution in [3.05, 3.63) is 46.5 Å². The van der Waals surface area contributed by atoms with Gasteiger partial charge in [0.1, 0.15) is 23.2 Å². The van der Waals surface area contributed by atoms with Crippen molar-refractivity contribution >= 4 is 29.2 Å². The van der Waals surface area contributed by atoms with Gasteiger partial charge >= 0.3 is 5.97 Å². The van der Waals surface area contributed by atoms with Crippen LogP contribution >= 0.6 is 11.6 Å². The number of piperidine rings is 1. The minimum Gasteiger partial charge on any atom is -0.507 e. The van der Waals surface area contributed by atoms with Gasteiger partial charge in [0.15, 0.2) is 6.61 Å². The van der Waals surface area contributed by atoms with Gasteiger partial charge in [-0.3, -0.25) is 4.79 Å². The minimum absolute atomic E-state index is 0.0199. The lowest BCUT2D eigenvalue weighted by Gasteiger charge is -2.26. The summed E-state index contributed by atoms with van der Waals surface area (Å²) >= 11 is 6.39. The highest BCUT2D eigenvalue weighted by molar-refractivity contribution is 6.33. The van der Waals surface area contributed by atoms with Gasteiger partial charge in [-0.1, -0.05) is 48.3 Å². The van der Waals surface area contributed by atoms with Gasteiger partial charge in [-0.05, 0) is 50.2 Å². The molecule has 1 aromatic carbocycles. The summed E-state index contributed by atoms with van der Waals surface area (Å²) in [6, 6.07) is 1.03. The first-order valence-electron chi connectivity index (χ1n) is 12.6. The van der Waals surface area contributed by atoms with Crippen LogP contribution in [0.5, 0.6) is 11.5 Å². The SMILES string of the molecule is CCCC1C/C=C/CC/C=C/C(=N/OCC(=O)N2CCCCC2)Cc2c(Cl)c(O)cc(O)c2C(=O)O1. The number of hydrogen-bond donors (Lipinski definition) is 2. The van der Waals surface area contributed by atoms with E-state index < -0.39 is 11.7 Å². The lowest BCUT2D eigenvalue weighted by atomic mass is 9.99. The first-order valence-corrected chi connectivity index (χ1v) is 13.0. The Morgan fingerprint density at radius 1 is 1.17 bits per heavy atom. The Morgan fingerprint density at radius 3 is 2.67 bits per heavy atom. The highest BCUT2D eigenvalue weighted by Crippen LogP contribution is 2.37. The van der Waals surface area contributed by atoms with E-state index in [2.05, 4.69) is 5.16 Å². The summed E-state index contributed by atoms with van der Waals surface area (Å²) < 4.78 is 5.72. The summed E-state index contributed by atoms with van der Waals surface area (Å²) in [7, 11) is 0. The van der Waals surface area contributed by atoms with Crippen LogP contribution in [0, 0.1) is 0 Å². The van der Waals surface area contributed by atoms with E-state index in [1.165, 1.54) is 0 Å². The molecule has 1 atom stereocenters. The first-order chi connectivity index (χ1) is 17.4. The van der Waals surface area contributed by atoms with Crippen LogP contribution in [0.4, 0.5) is 0 Å². The number of carbonyl (C=O) groups is 2. The number of phenolic OH excluding ortho intramolecular Hbond substituents is 2. The Bertz CT molecular complexity index is 1010. The number of fused-ring (bicyclic) bond motifs is 1. The zero-order valence-electron chi connectivity index (χ0n) is 20.7. The molecule has 1 saturated heterocycles. The Morgan fingerprint density at radius 2 is 1.92 bits per heavy atom. The van der Waals surface area contributed by atoms with E-state index in [0.717, 1.165) is 57.7 Å². The second-order valence-corrected chi connectivity index (χ2v) is 9.44. The molecule has 8 nitrogen and oxygen atoms in total. The van der Waals surface area contributed by atoms with Gasteiger partial charge in [-0.2, -0.15) is 0 Å². The summed E-state index contributed by atoms with van der Waals surface area (Å²) in [5.74, 6) is -1.65. The van der Waals surface area contributed by atoms with Gasteiger partial charge < -0.3 is 24.7 Å². The molecule has 2 heterocycles. The highest BCUT2D eigenvalue weighted by Gasteiger charge is 2.26. The van der Waals surface area contributed by atoms with E-state index in [9.17, 15) is 19.8 Å². The number of ether oxygens (including phenoxy) is 1. The van der Waals surface area contributed by atoms with Crippen molar-refractivity contribution in [1.29, 1.82) is 0 Å². The van der Waals surface area contributed by atoms with Crippen molar-refractivity contribution in [2.24, 2.45) is 5.16 Å². The molecule has 0 spiro atoms. The van der Waals surface area contributed by atoms with Crippen molar-refractivity contribution in [3.8, 4) is 11.5 Å². The molecule has 0 aliphatic carbocycles. The number of nitrogens with zero attached hydrogens (tertiary/aromatic N) is 2. The first kappa shape index (κ1) is 27.6. The molecular formula is C27H35ClN2O6. The van der Waals surface area contributed by atoms with Gasteiger partial charge in [0.25, 0.3) is 5.91 Å². The average Bonchev–Trinajstić information content (AvgIpc) is 2.86. The van der Waals surface area contributed by atoms with E-state index in [1.807, 2.05) is 25.2 Å². The van der Waals surface area contributed by atoms with Crippen LogP contribution in [0.3, 0.4) is 0 Å². The van der Waals surface area contributed by atoms with E-state index in [0.29, 0.717) is 18.6 Å². The van der Waals surface area contributed by atoms with Gasteiger partial charge in [-0.25, -0.2) is 4.79 Å². The van der Waals surface area contributed by atoms with Crippen molar-refractivity contribution < 1.29 is 29.4 Å². The molecular weight excluding hydrogens is 484 g/mol. The number of allylic oxidation sites excluding steroid dienone is 3. The number of benzene rings is 1. The number of hydrogen-bond acceptors (Lipinski definition) is 7. The number of likely N-dealkylation sites (tertiary alicyclic amines) is 1. The third-order valence-electron chi connectivity index (χ3n) is 6.22. The highest BCUT2D eigenvalue weighted by atomic mass is 35.5. The topological polar surface area (TPSA) is 109 Å². The molecule has 1 amide bonds. The number of rotatable bonds is 5. The molecule has 1 unspecified atom stereocenters. The predicted octanol–water partition coefficient (Wildman–Crippen LogP) is 5.30. The zero-order valence-corrected chi connectivity index (χ0v) is 21.5. The Hall–Kier alpha value is -3.00. The predicted molar refractivity (Wildman–Crippen MR) is 139 cm³/mol. The Kier molecular flexibility index (Phi) is 10.7. The number of carbonyl (C=O) groups excluding carboxylic acids is 2. The van der Waals surface area contributed by atoms with Crippen molar-refractivity contribution in [1.82, 2.24) is 4.90 Å². The lowest BCUT2D eigenvalue weighted by molar-refractivity contribution is -0.137. The fourth-order valence-corrected chi connectivity index (χ4v) is 4.54. The maximum absolute atomic E-state index is 13.1. The fraction of sp³-hybridized carbons (Fsp3) is 0.519. The van der Waals surface area contributed by atoms with Crippen LogP contribution in [0.2, 0.25) is 5.02 Å². The number of aromatic hydroxyl groups is 2. The van der Waals surface area contributed by atoms with Crippen LogP contribution in [0.1, 0.15) is 74.2 Å². The normalized spacial score (nSPS) is 22.3. The van der Waals surface area contributed by atoms with Gasteiger partial charge in [0, 0.05) is 32.0 Å². The number of amides is 1. The van der Waals surface area contributed by atoms with Gasteiger partial charge in [0.05, 0.1) is 10.7 Å². The summed E-state index contributed by atoms with van der Waals surface area (Å²) in [5.41, 5.74) is 0.440. The van der Waals surface area contributed by atoms with Crippen LogP contribution in [-0.2, 0) is 20.8 Å². The average molecular weight is 519 g/mol. The number of esters is 1. The third-order valence-corrected chi connectivity index (χ3v) is 6.64. The molecule has 196 valence electrons. The number of phenols is 2. The zero-order chi connectivity index (χ0) is 25.9. The smallest absolute Gasteiger partial charge is 0.342 e. The largest absolute Gasteiger partial charge is 0.507 e. The van der Waals surface area contributed by atoms with Crippen LogP contribution in [0.25, 0.3) is 0 Å². The second-order valence-electron chi connectivity index (χ2n) is 9.06. The molecule has 1 fully saturated rings. The minimum atomic E-state index is -0.724. The van der Waals surface area contributed by atoms with Gasteiger partial charge in [-0.15, -0.1) is 0 Å². The molecule has 3 rings (SSSR count). The molecule has 9 heteroatoms. The molecule has 36 heavy (non-hydrogen) atoms. The molecule has 0 aromatic heterocycles. The molecule has 0 bridgehead atoms. The molecule has 2 aliphatic rings. The van der Waals surface area contributed by atoms with Gasteiger partial charge in [0.2, 0.25) is 0 Å². The fourth-order valence-electron chi connectivity index (χ4n) is 4.32. The molecule has 0 radical (unpaired) electrons. The van der Waals surface area contributed by atoms with Crippen LogP contribution < -0.4 is 0 Å².